The van der Waals surface area contributed by atoms with E-state index in [1.165, 1.54) is 5.57 Å². The van der Waals surface area contributed by atoms with E-state index in [2.05, 4.69) is 32.1 Å². The van der Waals surface area contributed by atoms with Crippen molar-refractivity contribution in [3.63, 3.8) is 0 Å². The fraction of sp³-hybridized carbons (Fsp3) is 0.750. The Morgan fingerprint density at radius 3 is 2.70 bits per heavy atom. The van der Waals surface area contributed by atoms with E-state index in [9.17, 15) is 14.7 Å². The van der Waals surface area contributed by atoms with Crippen molar-refractivity contribution in [2.24, 2.45) is 29.6 Å². The first-order valence-electron chi connectivity index (χ1n) is 11.3. The van der Waals surface area contributed by atoms with Crippen LogP contribution in [0.2, 0.25) is 0 Å². The van der Waals surface area contributed by atoms with Gasteiger partial charge in [0.05, 0.1) is 18.4 Å². The van der Waals surface area contributed by atoms with Crippen LogP contribution in [0.25, 0.3) is 0 Å². The molecule has 8 atom stereocenters. The normalized spacial score (nSPS) is 36.6. The number of fused-ring (bicyclic) bond motifs is 1. The monoisotopic (exact) mass is 427 g/mol. The van der Waals surface area contributed by atoms with Crippen molar-refractivity contribution < 1.29 is 24.2 Å². The van der Waals surface area contributed by atoms with Gasteiger partial charge in [-0.3, -0.25) is 9.59 Å². The van der Waals surface area contributed by atoms with E-state index in [1.54, 1.807) is 0 Å². The molecule has 1 radical (unpaired) electrons. The van der Waals surface area contributed by atoms with E-state index in [-0.39, 0.29) is 72.0 Å². The van der Waals surface area contributed by atoms with Gasteiger partial charge >= 0.3 is 11.9 Å². The molecule has 1 heterocycles. The molecule has 2 aliphatic carbocycles. The molecule has 1 saturated heterocycles. The molecule has 1 unspecified atom stereocenters. The number of carbonyl (C=O) groups excluding carboxylic acids is 2. The third-order valence-corrected chi connectivity index (χ3v) is 6.93. The van der Waals surface area contributed by atoms with E-state index in [4.69, 9.17) is 9.47 Å². The summed E-state index contributed by atoms with van der Waals surface area (Å²) in [4.78, 5) is 24.2. The van der Waals surface area contributed by atoms with Crippen molar-refractivity contribution in [2.75, 3.05) is 0 Å². The minimum atomic E-state index is -0.597. The van der Waals surface area contributed by atoms with Gasteiger partial charge in [-0.15, -0.1) is 0 Å². The Morgan fingerprint density at radius 1 is 1.30 bits per heavy atom. The predicted molar refractivity (Wildman–Crippen MR) is 117 cm³/mol. The van der Waals surface area contributed by atoms with E-state index in [1.807, 2.05) is 13.8 Å². The number of rotatable bonds is 6. The SMILES string of the molecule is CC[C@H](C)C(=O)O[C@H]1C[C@@H](C)C=C2C=C[C@H](C)[C@H](CC[C@@H]3C[C@@H](O)CC(=O)O3)C21.[Na]. The maximum atomic E-state index is 12.5. The quantitative estimate of drug-likeness (QED) is 0.515. The summed E-state index contributed by atoms with van der Waals surface area (Å²) in [6.45, 7) is 8.33. The number of hydrogen-bond donors (Lipinski definition) is 1. The Hall–Kier alpha value is -0.620. The Morgan fingerprint density at radius 2 is 2.03 bits per heavy atom. The minimum absolute atomic E-state index is 0. The van der Waals surface area contributed by atoms with E-state index < -0.39 is 6.10 Å². The molecule has 0 aromatic heterocycles. The third kappa shape index (κ3) is 6.21. The van der Waals surface area contributed by atoms with Crippen molar-refractivity contribution in [2.45, 2.75) is 84.5 Å². The topological polar surface area (TPSA) is 72.8 Å². The van der Waals surface area contributed by atoms with Crippen LogP contribution in [0.15, 0.2) is 23.8 Å². The first-order chi connectivity index (χ1) is 13.8. The summed E-state index contributed by atoms with van der Waals surface area (Å²) in [5, 5.41) is 9.89. The maximum absolute atomic E-state index is 12.5. The van der Waals surface area contributed by atoms with Crippen LogP contribution < -0.4 is 0 Å². The van der Waals surface area contributed by atoms with Gasteiger partial charge in [-0.05, 0) is 49.0 Å². The van der Waals surface area contributed by atoms with Gasteiger partial charge in [0.1, 0.15) is 12.2 Å². The molecule has 3 aliphatic rings. The molecule has 0 amide bonds. The molecular weight excluding hydrogens is 391 g/mol. The average molecular weight is 428 g/mol. The minimum Gasteiger partial charge on any atom is -0.462 e. The number of ether oxygens (including phenoxy) is 2. The molecular formula is C24H36NaO5. The van der Waals surface area contributed by atoms with Crippen molar-refractivity contribution in [1.82, 2.24) is 0 Å². The molecule has 1 fully saturated rings. The Balaban J connectivity index is 0.00000320. The van der Waals surface area contributed by atoms with Crippen LogP contribution in [0.4, 0.5) is 0 Å². The molecule has 0 saturated carbocycles. The van der Waals surface area contributed by atoms with Crippen LogP contribution in [0.1, 0.15) is 66.2 Å². The molecule has 0 spiro atoms. The number of allylic oxidation sites excluding steroid dienone is 3. The second-order valence-electron chi connectivity index (χ2n) is 9.36. The molecule has 0 aromatic carbocycles. The van der Waals surface area contributed by atoms with Gasteiger partial charge in [0.25, 0.3) is 0 Å². The van der Waals surface area contributed by atoms with Crippen molar-refractivity contribution >= 4 is 41.5 Å². The van der Waals surface area contributed by atoms with Gasteiger partial charge in [-0.1, -0.05) is 45.9 Å². The van der Waals surface area contributed by atoms with Crippen LogP contribution in [-0.2, 0) is 19.1 Å². The number of aliphatic hydroxyl groups excluding tert-OH is 1. The van der Waals surface area contributed by atoms with Gasteiger partial charge < -0.3 is 14.6 Å². The number of aliphatic hydroxyl groups is 1. The molecule has 30 heavy (non-hydrogen) atoms. The fourth-order valence-corrected chi connectivity index (χ4v) is 5.07. The summed E-state index contributed by atoms with van der Waals surface area (Å²) in [6, 6.07) is 0. The summed E-state index contributed by atoms with van der Waals surface area (Å²) in [7, 11) is 0. The Labute approximate surface area is 202 Å². The zero-order chi connectivity index (χ0) is 21.1. The second kappa shape index (κ2) is 11.3. The molecule has 6 heteroatoms. The smallest absolute Gasteiger partial charge is 0.308 e. The number of esters is 2. The summed E-state index contributed by atoms with van der Waals surface area (Å²) in [6.07, 6.45) is 9.70. The number of cyclic esters (lactones) is 1. The predicted octanol–water partition coefficient (Wildman–Crippen LogP) is 3.81. The average Bonchev–Trinajstić information content (AvgIpc) is 2.65. The van der Waals surface area contributed by atoms with Gasteiger partial charge in [0.15, 0.2) is 0 Å². The standard InChI is InChI=1S/C24H36O5.Na/c1-5-15(3)24(27)29-21-11-14(2)10-17-7-6-16(4)20(23(17)21)9-8-19-12-18(25)13-22(26)28-19;/h6-7,10,14-16,18-21,23,25H,5,8-9,11-13H2,1-4H3;/t14-,15-,16-,18+,19+,20-,21-,23?;/m0./s1. The summed E-state index contributed by atoms with van der Waals surface area (Å²) in [5.74, 6) is 0.755. The molecule has 3 rings (SSSR count). The maximum Gasteiger partial charge on any atom is 0.308 e. The summed E-state index contributed by atoms with van der Waals surface area (Å²) >= 11 is 0. The Bertz CT molecular complexity index is 673. The van der Waals surface area contributed by atoms with Crippen LogP contribution >= 0.6 is 0 Å². The zero-order valence-electron chi connectivity index (χ0n) is 19.2. The van der Waals surface area contributed by atoms with E-state index in [0.717, 1.165) is 25.7 Å². The van der Waals surface area contributed by atoms with Crippen LogP contribution in [0.5, 0.6) is 0 Å². The van der Waals surface area contributed by atoms with Crippen molar-refractivity contribution in [1.29, 1.82) is 0 Å². The second-order valence-corrected chi connectivity index (χ2v) is 9.36. The van der Waals surface area contributed by atoms with Crippen LogP contribution in [0, 0.1) is 29.6 Å². The molecule has 0 bridgehead atoms. The summed E-state index contributed by atoms with van der Waals surface area (Å²) in [5.41, 5.74) is 1.27. The first kappa shape index (κ1) is 25.6. The third-order valence-electron chi connectivity index (χ3n) is 6.93. The first-order valence-corrected chi connectivity index (χ1v) is 11.3. The van der Waals surface area contributed by atoms with Crippen molar-refractivity contribution in [3.05, 3.63) is 23.8 Å². The number of carbonyl (C=O) groups is 2. The number of hydrogen-bond acceptors (Lipinski definition) is 5. The zero-order valence-corrected chi connectivity index (χ0v) is 21.2. The van der Waals surface area contributed by atoms with Gasteiger partial charge in [-0.25, -0.2) is 0 Å². The van der Waals surface area contributed by atoms with E-state index >= 15 is 0 Å². The molecule has 0 aromatic rings. The molecule has 5 nitrogen and oxygen atoms in total. The molecule has 1 N–H and O–H groups in total. The Kier molecular flexibility index (Phi) is 9.66. The molecule has 163 valence electrons. The van der Waals surface area contributed by atoms with Crippen LogP contribution in [-0.4, -0.2) is 64.9 Å². The van der Waals surface area contributed by atoms with Gasteiger partial charge in [-0.2, -0.15) is 0 Å². The molecule has 1 aliphatic heterocycles. The van der Waals surface area contributed by atoms with Crippen molar-refractivity contribution in [3.8, 4) is 0 Å². The van der Waals surface area contributed by atoms with Gasteiger partial charge in [0.2, 0.25) is 0 Å². The van der Waals surface area contributed by atoms with Crippen LogP contribution in [0.3, 0.4) is 0 Å². The van der Waals surface area contributed by atoms with E-state index in [0.29, 0.717) is 24.2 Å². The largest absolute Gasteiger partial charge is 0.462 e. The summed E-state index contributed by atoms with van der Waals surface area (Å²) < 4.78 is 11.5. The fourth-order valence-electron chi connectivity index (χ4n) is 5.07. The van der Waals surface area contributed by atoms with Gasteiger partial charge in [0, 0.05) is 41.9 Å².